The van der Waals surface area contributed by atoms with E-state index in [1.54, 1.807) is 13.0 Å². The molecular formula is C12H15FO. The quantitative estimate of drug-likeness (QED) is 0.728. The summed E-state index contributed by atoms with van der Waals surface area (Å²) in [5.41, 5.74) is 2.39. The molecule has 0 aromatic heterocycles. The molecule has 0 fully saturated rings. The van der Waals surface area contributed by atoms with Crippen LogP contribution in [0.2, 0.25) is 0 Å². The lowest BCUT2D eigenvalue weighted by Gasteiger charge is -2.18. The van der Waals surface area contributed by atoms with Gasteiger partial charge in [0.1, 0.15) is 5.82 Å². The molecule has 1 nitrogen and oxygen atoms in total. The molecule has 0 amide bonds. The Morgan fingerprint density at radius 1 is 1.29 bits per heavy atom. The monoisotopic (exact) mass is 194 g/mol. The molecule has 2 rings (SSSR count). The lowest BCUT2D eigenvalue weighted by atomic mass is 9.89. The number of fused-ring (bicyclic) bond motifs is 1. The van der Waals surface area contributed by atoms with Crippen LogP contribution in [-0.2, 0) is 12.8 Å². The molecule has 1 aromatic rings. The van der Waals surface area contributed by atoms with E-state index in [0.717, 1.165) is 36.8 Å². The highest BCUT2D eigenvalue weighted by Gasteiger charge is 2.18. The van der Waals surface area contributed by atoms with Crippen LogP contribution in [0.5, 0.6) is 0 Å². The smallest absolute Gasteiger partial charge is 0.132 e. The Hall–Kier alpha value is -0.890. The van der Waals surface area contributed by atoms with Crippen molar-refractivity contribution in [3.8, 4) is 0 Å². The van der Waals surface area contributed by atoms with Crippen LogP contribution in [0.3, 0.4) is 0 Å². The van der Waals surface area contributed by atoms with E-state index in [4.69, 9.17) is 0 Å². The molecular weight excluding hydrogens is 179 g/mol. The second-order valence-corrected chi connectivity index (χ2v) is 3.99. The van der Waals surface area contributed by atoms with Gasteiger partial charge in [0.25, 0.3) is 0 Å². The molecule has 76 valence electrons. The summed E-state index contributed by atoms with van der Waals surface area (Å²) in [7, 11) is 0. The fourth-order valence-corrected chi connectivity index (χ4v) is 2.12. The maximum absolute atomic E-state index is 13.8. The summed E-state index contributed by atoms with van der Waals surface area (Å²) < 4.78 is 13.8. The minimum atomic E-state index is -0.706. The molecule has 2 heteroatoms. The Morgan fingerprint density at radius 3 is 2.71 bits per heavy atom. The van der Waals surface area contributed by atoms with Gasteiger partial charge < -0.3 is 5.11 Å². The molecule has 1 aliphatic carbocycles. The fourth-order valence-electron chi connectivity index (χ4n) is 2.12. The molecule has 0 bridgehead atoms. The number of aliphatic hydroxyl groups is 1. The topological polar surface area (TPSA) is 20.2 Å². The highest BCUT2D eigenvalue weighted by Crippen LogP contribution is 2.28. The van der Waals surface area contributed by atoms with Gasteiger partial charge in [-0.2, -0.15) is 0 Å². The van der Waals surface area contributed by atoms with Gasteiger partial charge in [-0.3, -0.25) is 0 Å². The second-order valence-electron chi connectivity index (χ2n) is 3.99. The molecule has 1 atom stereocenters. The third-order valence-electron chi connectivity index (χ3n) is 2.94. The lowest BCUT2D eigenvalue weighted by molar-refractivity contribution is 0.193. The number of hydrogen-bond donors (Lipinski definition) is 1. The average Bonchev–Trinajstić information content (AvgIpc) is 2.18. The van der Waals surface area contributed by atoms with E-state index in [0.29, 0.717) is 5.56 Å². The Morgan fingerprint density at radius 2 is 2.00 bits per heavy atom. The van der Waals surface area contributed by atoms with Crippen LogP contribution in [-0.4, -0.2) is 5.11 Å². The normalized spacial score (nSPS) is 17.6. The summed E-state index contributed by atoms with van der Waals surface area (Å²) in [6.45, 7) is 1.60. The molecule has 0 spiro atoms. The average molecular weight is 194 g/mol. The first-order valence-corrected chi connectivity index (χ1v) is 5.18. The van der Waals surface area contributed by atoms with E-state index >= 15 is 0 Å². The largest absolute Gasteiger partial charge is 0.389 e. The lowest BCUT2D eigenvalue weighted by Crippen LogP contribution is -2.08. The van der Waals surface area contributed by atoms with Crippen LogP contribution < -0.4 is 0 Å². The predicted octanol–water partition coefficient (Wildman–Crippen LogP) is 2.76. The fraction of sp³-hybridized carbons (Fsp3) is 0.500. The minimum Gasteiger partial charge on any atom is -0.389 e. The summed E-state index contributed by atoms with van der Waals surface area (Å²) in [6, 6.07) is 3.67. The van der Waals surface area contributed by atoms with E-state index in [1.165, 1.54) is 0 Å². The molecule has 0 aliphatic heterocycles. The van der Waals surface area contributed by atoms with Crippen molar-refractivity contribution in [2.45, 2.75) is 38.7 Å². The first kappa shape index (κ1) is 9.66. The van der Waals surface area contributed by atoms with Gasteiger partial charge in [-0.15, -0.1) is 0 Å². The molecule has 1 aliphatic rings. The summed E-state index contributed by atoms with van der Waals surface area (Å²) in [5, 5.41) is 9.37. The van der Waals surface area contributed by atoms with Gasteiger partial charge in [0.15, 0.2) is 0 Å². The van der Waals surface area contributed by atoms with Crippen LogP contribution in [0.25, 0.3) is 0 Å². The van der Waals surface area contributed by atoms with Gasteiger partial charge in [-0.25, -0.2) is 4.39 Å². The molecule has 0 heterocycles. The maximum Gasteiger partial charge on any atom is 0.132 e. The van der Waals surface area contributed by atoms with Gasteiger partial charge in [0.05, 0.1) is 6.10 Å². The summed E-state index contributed by atoms with van der Waals surface area (Å²) in [5.74, 6) is -0.183. The summed E-state index contributed by atoms with van der Waals surface area (Å²) in [6.07, 6.45) is 3.31. The van der Waals surface area contributed by atoms with Crippen LogP contribution >= 0.6 is 0 Å². The summed E-state index contributed by atoms with van der Waals surface area (Å²) >= 11 is 0. The number of aryl methyl sites for hydroxylation is 1. The van der Waals surface area contributed by atoms with Gasteiger partial charge in [-0.05, 0) is 43.7 Å². The molecule has 0 saturated carbocycles. The third kappa shape index (κ3) is 1.55. The van der Waals surface area contributed by atoms with Gasteiger partial charge in [-0.1, -0.05) is 12.1 Å². The zero-order valence-corrected chi connectivity index (χ0v) is 8.39. The van der Waals surface area contributed by atoms with Crippen LogP contribution in [0.15, 0.2) is 12.1 Å². The Bertz CT molecular complexity index is 344. The first-order valence-electron chi connectivity index (χ1n) is 5.18. The van der Waals surface area contributed by atoms with E-state index in [-0.39, 0.29) is 5.82 Å². The second kappa shape index (κ2) is 3.70. The zero-order valence-electron chi connectivity index (χ0n) is 8.39. The van der Waals surface area contributed by atoms with Crippen LogP contribution in [0.4, 0.5) is 4.39 Å². The van der Waals surface area contributed by atoms with E-state index in [9.17, 15) is 9.50 Å². The van der Waals surface area contributed by atoms with Crippen molar-refractivity contribution in [1.29, 1.82) is 0 Å². The number of hydrogen-bond acceptors (Lipinski definition) is 1. The van der Waals surface area contributed by atoms with Crippen molar-refractivity contribution in [2.75, 3.05) is 0 Å². The maximum atomic E-state index is 13.8. The molecule has 1 N–H and O–H groups in total. The summed E-state index contributed by atoms with van der Waals surface area (Å²) in [4.78, 5) is 0. The Labute approximate surface area is 83.6 Å². The molecule has 0 radical (unpaired) electrons. The van der Waals surface area contributed by atoms with Gasteiger partial charge >= 0.3 is 0 Å². The zero-order chi connectivity index (χ0) is 10.1. The highest BCUT2D eigenvalue weighted by atomic mass is 19.1. The van der Waals surface area contributed by atoms with Crippen LogP contribution in [0, 0.1) is 5.82 Å². The first-order chi connectivity index (χ1) is 6.70. The van der Waals surface area contributed by atoms with Crippen LogP contribution in [0.1, 0.15) is 42.6 Å². The van der Waals surface area contributed by atoms with Crippen molar-refractivity contribution < 1.29 is 9.50 Å². The third-order valence-corrected chi connectivity index (χ3v) is 2.94. The van der Waals surface area contributed by atoms with Crippen molar-refractivity contribution in [1.82, 2.24) is 0 Å². The molecule has 1 unspecified atom stereocenters. The SMILES string of the molecule is CC(O)c1ccc2c(c1F)CCCC2. The van der Waals surface area contributed by atoms with E-state index in [1.807, 2.05) is 6.07 Å². The van der Waals surface area contributed by atoms with E-state index < -0.39 is 6.10 Å². The van der Waals surface area contributed by atoms with Crippen molar-refractivity contribution in [3.05, 3.63) is 34.6 Å². The standard InChI is InChI=1S/C12H15FO/c1-8(14)10-7-6-9-4-2-3-5-11(9)12(10)13/h6-8,14H,2-5H2,1H3. The van der Waals surface area contributed by atoms with Gasteiger partial charge in [0, 0.05) is 5.56 Å². The molecule has 0 saturated heterocycles. The number of halogens is 1. The highest BCUT2D eigenvalue weighted by molar-refractivity contribution is 5.36. The van der Waals surface area contributed by atoms with Gasteiger partial charge in [0.2, 0.25) is 0 Å². The molecule has 1 aromatic carbocycles. The minimum absolute atomic E-state index is 0.183. The Kier molecular flexibility index (Phi) is 2.55. The molecule has 14 heavy (non-hydrogen) atoms. The Balaban J connectivity index is 2.49. The predicted molar refractivity (Wildman–Crippen MR) is 53.7 cm³/mol. The number of rotatable bonds is 1. The number of aliphatic hydroxyl groups excluding tert-OH is 1. The van der Waals surface area contributed by atoms with E-state index in [2.05, 4.69) is 0 Å². The van der Waals surface area contributed by atoms with Crippen molar-refractivity contribution >= 4 is 0 Å². The van der Waals surface area contributed by atoms with Crippen molar-refractivity contribution in [3.63, 3.8) is 0 Å². The van der Waals surface area contributed by atoms with Crippen molar-refractivity contribution in [2.24, 2.45) is 0 Å². The number of benzene rings is 1.